The number of nitrogen functional groups attached to an aromatic ring is 1. The molecule has 1 aromatic carbocycles. The fourth-order valence-electron chi connectivity index (χ4n) is 2.29. The first-order chi connectivity index (χ1) is 9.86. The van der Waals surface area contributed by atoms with Crippen molar-refractivity contribution in [2.24, 2.45) is 0 Å². The highest BCUT2D eigenvalue weighted by atomic mass is 35.5. The molecule has 6 heteroatoms. The van der Waals surface area contributed by atoms with Crippen LogP contribution in [0, 0.1) is 11.6 Å². The standard InChI is InChI=1S/C15H13ClF2N2O/c1-15(14(16)21,8-9-4-6-20-7-5-9)12-11(19)3-2-10(17)13(12)18/h2-7H,8,19H2,1H3. The Balaban J connectivity index is 2.58. The predicted octanol–water partition coefficient (Wildman–Crippen LogP) is 3.21. The highest BCUT2D eigenvalue weighted by Crippen LogP contribution is 2.37. The zero-order chi connectivity index (χ0) is 15.6. The van der Waals surface area contributed by atoms with Gasteiger partial charge in [0.1, 0.15) is 0 Å². The maximum atomic E-state index is 14.1. The van der Waals surface area contributed by atoms with Crippen molar-refractivity contribution in [3.63, 3.8) is 0 Å². The Morgan fingerprint density at radius 3 is 2.48 bits per heavy atom. The van der Waals surface area contributed by atoms with Crippen molar-refractivity contribution in [3.8, 4) is 0 Å². The second-order valence-corrected chi connectivity index (χ2v) is 5.31. The number of pyridine rings is 1. The van der Waals surface area contributed by atoms with Crippen LogP contribution in [0.2, 0.25) is 0 Å². The molecule has 0 spiro atoms. The normalized spacial score (nSPS) is 13.7. The minimum Gasteiger partial charge on any atom is -0.398 e. The Morgan fingerprint density at radius 1 is 1.29 bits per heavy atom. The number of hydrogen-bond donors (Lipinski definition) is 1. The van der Waals surface area contributed by atoms with E-state index in [9.17, 15) is 13.6 Å². The molecule has 0 aliphatic heterocycles. The van der Waals surface area contributed by atoms with Gasteiger partial charge in [0.05, 0.1) is 5.41 Å². The van der Waals surface area contributed by atoms with E-state index in [-0.39, 0.29) is 17.7 Å². The minimum atomic E-state index is -1.47. The van der Waals surface area contributed by atoms with Crippen molar-refractivity contribution in [2.45, 2.75) is 18.8 Å². The van der Waals surface area contributed by atoms with Crippen molar-refractivity contribution in [2.75, 3.05) is 5.73 Å². The average molecular weight is 311 g/mol. The van der Waals surface area contributed by atoms with E-state index in [1.54, 1.807) is 24.5 Å². The summed E-state index contributed by atoms with van der Waals surface area (Å²) in [5.41, 5.74) is 4.74. The number of nitrogens with two attached hydrogens (primary N) is 1. The number of aromatic nitrogens is 1. The van der Waals surface area contributed by atoms with Crippen molar-refractivity contribution >= 4 is 22.5 Å². The van der Waals surface area contributed by atoms with E-state index in [2.05, 4.69) is 4.98 Å². The minimum absolute atomic E-state index is 0.0144. The third-order valence-corrected chi connectivity index (χ3v) is 3.84. The van der Waals surface area contributed by atoms with Gasteiger partial charge >= 0.3 is 0 Å². The van der Waals surface area contributed by atoms with Crippen LogP contribution in [0.4, 0.5) is 14.5 Å². The lowest BCUT2D eigenvalue weighted by Crippen LogP contribution is -2.34. The fourth-order valence-corrected chi connectivity index (χ4v) is 2.45. The molecule has 2 rings (SSSR count). The Kier molecular flexibility index (Phi) is 4.23. The number of hydrogen-bond acceptors (Lipinski definition) is 3. The molecule has 0 aliphatic rings. The molecule has 1 heterocycles. The quantitative estimate of drug-likeness (QED) is 0.697. The lowest BCUT2D eigenvalue weighted by Gasteiger charge is -2.28. The van der Waals surface area contributed by atoms with Gasteiger partial charge in [-0.15, -0.1) is 0 Å². The van der Waals surface area contributed by atoms with Gasteiger partial charge in [0, 0.05) is 23.6 Å². The van der Waals surface area contributed by atoms with Crippen LogP contribution in [-0.4, -0.2) is 10.2 Å². The summed E-state index contributed by atoms with van der Waals surface area (Å²) < 4.78 is 27.6. The summed E-state index contributed by atoms with van der Waals surface area (Å²) in [5, 5.41) is -0.810. The molecule has 0 amide bonds. The van der Waals surface area contributed by atoms with Gasteiger partial charge in [0.15, 0.2) is 11.6 Å². The number of nitrogens with zero attached hydrogens (tertiary/aromatic N) is 1. The predicted molar refractivity (Wildman–Crippen MR) is 76.9 cm³/mol. The van der Waals surface area contributed by atoms with E-state index in [1.807, 2.05) is 0 Å². The summed E-state index contributed by atoms with van der Waals surface area (Å²) >= 11 is 5.67. The Bertz CT molecular complexity index is 679. The zero-order valence-electron chi connectivity index (χ0n) is 11.2. The van der Waals surface area contributed by atoms with Gasteiger partial charge in [-0.3, -0.25) is 9.78 Å². The van der Waals surface area contributed by atoms with E-state index in [1.165, 1.54) is 13.0 Å². The van der Waals surface area contributed by atoms with Gasteiger partial charge in [0.2, 0.25) is 5.24 Å². The summed E-state index contributed by atoms with van der Waals surface area (Å²) in [4.78, 5) is 15.8. The van der Waals surface area contributed by atoms with Crippen LogP contribution in [-0.2, 0) is 16.6 Å². The first-order valence-corrected chi connectivity index (χ1v) is 6.57. The molecule has 110 valence electrons. The molecule has 3 nitrogen and oxygen atoms in total. The fraction of sp³-hybridized carbons (Fsp3) is 0.200. The molecule has 1 unspecified atom stereocenters. The molecule has 0 saturated heterocycles. The first-order valence-electron chi connectivity index (χ1n) is 6.19. The molecular formula is C15H13ClF2N2O. The van der Waals surface area contributed by atoms with Crippen molar-refractivity contribution < 1.29 is 13.6 Å². The van der Waals surface area contributed by atoms with Gasteiger partial charge in [-0.1, -0.05) is 0 Å². The Morgan fingerprint density at radius 2 is 1.90 bits per heavy atom. The second kappa shape index (κ2) is 5.77. The maximum Gasteiger partial charge on any atom is 0.232 e. The zero-order valence-corrected chi connectivity index (χ0v) is 12.0. The number of rotatable bonds is 4. The topological polar surface area (TPSA) is 56.0 Å². The molecule has 0 aliphatic carbocycles. The Labute approximate surface area is 125 Å². The van der Waals surface area contributed by atoms with Gasteiger partial charge in [0.25, 0.3) is 0 Å². The maximum absolute atomic E-state index is 14.1. The monoisotopic (exact) mass is 310 g/mol. The highest BCUT2D eigenvalue weighted by molar-refractivity contribution is 6.65. The number of carbonyl (C=O) groups excluding carboxylic acids is 1. The molecular weight excluding hydrogens is 298 g/mol. The van der Waals surface area contributed by atoms with Gasteiger partial charge < -0.3 is 5.73 Å². The molecule has 1 atom stereocenters. The SMILES string of the molecule is CC(Cc1ccncc1)(C(=O)Cl)c1c(N)ccc(F)c1F. The van der Waals surface area contributed by atoms with Crippen LogP contribution in [0.1, 0.15) is 18.1 Å². The van der Waals surface area contributed by atoms with E-state index in [4.69, 9.17) is 17.3 Å². The van der Waals surface area contributed by atoms with E-state index in [0.29, 0.717) is 5.56 Å². The Hall–Kier alpha value is -2.01. The number of halogens is 3. The van der Waals surface area contributed by atoms with Crippen LogP contribution in [0.5, 0.6) is 0 Å². The number of benzene rings is 1. The molecule has 0 radical (unpaired) electrons. The molecule has 0 bridgehead atoms. The number of carbonyl (C=O) groups is 1. The molecule has 1 aromatic heterocycles. The average Bonchev–Trinajstić information content (AvgIpc) is 2.44. The molecule has 21 heavy (non-hydrogen) atoms. The molecule has 0 fully saturated rings. The van der Waals surface area contributed by atoms with E-state index < -0.39 is 22.3 Å². The van der Waals surface area contributed by atoms with Crippen LogP contribution < -0.4 is 5.73 Å². The second-order valence-electron chi connectivity index (χ2n) is 4.96. The van der Waals surface area contributed by atoms with Crippen LogP contribution >= 0.6 is 11.6 Å². The summed E-state index contributed by atoms with van der Waals surface area (Å²) in [5.74, 6) is -2.22. The molecule has 2 aromatic rings. The molecule has 2 N–H and O–H groups in total. The van der Waals surface area contributed by atoms with Crippen LogP contribution in [0.15, 0.2) is 36.7 Å². The van der Waals surface area contributed by atoms with Gasteiger partial charge in [-0.25, -0.2) is 8.78 Å². The van der Waals surface area contributed by atoms with Gasteiger partial charge in [-0.05, 0) is 54.8 Å². The third kappa shape index (κ3) is 2.88. The van der Waals surface area contributed by atoms with Crippen molar-refractivity contribution in [1.29, 1.82) is 0 Å². The highest BCUT2D eigenvalue weighted by Gasteiger charge is 2.39. The lowest BCUT2D eigenvalue weighted by atomic mass is 9.77. The summed E-state index contributed by atoms with van der Waals surface area (Å²) in [7, 11) is 0. The third-order valence-electron chi connectivity index (χ3n) is 3.42. The van der Waals surface area contributed by atoms with Crippen LogP contribution in [0.3, 0.4) is 0 Å². The van der Waals surface area contributed by atoms with Crippen molar-refractivity contribution in [3.05, 3.63) is 59.4 Å². The van der Waals surface area contributed by atoms with Crippen molar-refractivity contribution in [1.82, 2.24) is 4.98 Å². The summed E-state index contributed by atoms with van der Waals surface area (Å²) in [6, 6.07) is 5.48. The smallest absolute Gasteiger partial charge is 0.232 e. The summed E-state index contributed by atoms with van der Waals surface area (Å²) in [6.07, 6.45) is 3.17. The van der Waals surface area contributed by atoms with Crippen LogP contribution in [0.25, 0.3) is 0 Å². The summed E-state index contributed by atoms with van der Waals surface area (Å²) in [6.45, 7) is 1.44. The largest absolute Gasteiger partial charge is 0.398 e. The van der Waals surface area contributed by atoms with Gasteiger partial charge in [-0.2, -0.15) is 0 Å². The number of anilines is 1. The van der Waals surface area contributed by atoms with E-state index in [0.717, 1.165) is 6.07 Å². The van der Waals surface area contributed by atoms with E-state index >= 15 is 0 Å². The molecule has 0 saturated carbocycles. The lowest BCUT2D eigenvalue weighted by molar-refractivity contribution is -0.116. The first kappa shape index (κ1) is 15.4.